The summed E-state index contributed by atoms with van der Waals surface area (Å²) in [6, 6.07) is 13.0. The van der Waals surface area contributed by atoms with E-state index in [0.29, 0.717) is 12.2 Å². The summed E-state index contributed by atoms with van der Waals surface area (Å²) in [6.45, 7) is 0. The summed E-state index contributed by atoms with van der Waals surface area (Å²) in [4.78, 5) is 13.5. The first kappa shape index (κ1) is 17.4. The van der Waals surface area contributed by atoms with Gasteiger partial charge in [-0.2, -0.15) is 0 Å². The van der Waals surface area contributed by atoms with E-state index in [-0.39, 0.29) is 17.6 Å². The number of carbonyl (C=O) groups excluding carboxylic acids is 1. The second-order valence-electron chi connectivity index (χ2n) is 6.35. The third-order valence-electron chi connectivity index (χ3n) is 4.80. The van der Waals surface area contributed by atoms with Crippen molar-refractivity contribution in [3.8, 4) is 28.4 Å². The van der Waals surface area contributed by atoms with E-state index in [4.69, 9.17) is 9.47 Å². The number of carbonyl (C=O) groups is 1. The van der Waals surface area contributed by atoms with E-state index in [1.807, 2.05) is 30.3 Å². The van der Waals surface area contributed by atoms with Crippen LogP contribution < -0.4 is 14.8 Å². The molecule has 1 aliphatic heterocycles. The number of hydrogen-bond donors (Lipinski definition) is 2. The number of nitrogens with one attached hydrogen (secondary N) is 1. The van der Waals surface area contributed by atoms with Crippen LogP contribution in [-0.2, 0) is 4.79 Å². The van der Waals surface area contributed by atoms with Crippen molar-refractivity contribution in [2.75, 3.05) is 19.5 Å². The lowest BCUT2D eigenvalue weighted by atomic mass is 9.89. The van der Waals surface area contributed by atoms with Crippen molar-refractivity contribution in [2.24, 2.45) is 0 Å². The van der Waals surface area contributed by atoms with Gasteiger partial charge < -0.3 is 19.9 Å². The Morgan fingerprint density at radius 3 is 2.59 bits per heavy atom. The van der Waals surface area contributed by atoms with Gasteiger partial charge in [-0.05, 0) is 35.4 Å². The molecule has 0 spiro atoms. The number of thiophene rings is 1. The predicted molar refractivity (Wildman–Crippen MR) is 106 cm³/mol. The van der Waals surface area contributed by atoms with Crippen molar-refractivity contribution in [1.29, 1.82) is 0 Å². The van der Waals surface area contributed by atoms with Crippen molar-refractivity contribution in [3.05, 3.63) is 58.3 Å². The van der Waals surface area contributed by atoms with Crippen LogP contribution in [0.2, 0.25) is 0 Å². The van der Waals surface area contributed by atoms with Crippen LogP contribution in [0.1, 0.15) is 22.8 Å². The highest BCUT2D eigenvalue weighted by atomic mass is 32.1. The lowest BCUT2D eigenvalue weighted by molar-refractivity contribution is -0.116. The molecule has 0 unspecified atom stereocenters. The summed E-state index contributed by atoms with van der Waals surface area (Å²) >= 11 is 1.63. The largest absolute Gasteiger partial charge is 0.504 e. The Hall–Kier alpha value is -2.99. The predicted octanol–water partition coefficient (Wildman–Crippen LogP) is 4.61. The second-order valence-corrected chi connectivity index (χ2v) is 7.26. The highest BCUT2D eigenvalue weighted by molar-refractivity contribution is 7.11. The van der Waals surface area contributed by atoms with Crippen LogP contribution in [0.3, 0.4) is 0 Å². The number of phenols is 1. The molecule has 1 amide bonds. The summed E-state index contributed by atoms with van der Waals surface area (Å²) in [5.74, 6) is 1.20. The van der Waals surface area contributed by atoms with E-state index in [9.17, 15) is 9.90 Å². The number of rotatable bonds is 4. The van der Waals surface area contributed by atoms with Gasteiger partial charge in [0, 0.05) is 28.2 Å². The monoisotopic (exact) mass is 381 g/mol. The number of ether oxygens (including phenoxy) is 2. The Balaban J connectivity index is 1.77. The molecule has 3 aromatic rings. The molecule has 1 aromatic heterocycles. The van der Waals surface area contributed by atoms with Crippen LogP contribution in [0.5, 0.6) is 17.2 Å². The molecule has 6 heteroatoms. The Morgan fingerprint density at radius 2 is 1.89 bits per heavy atom. The summed E-state index contributed by atoms with van der Waals surface area (Å²) in [5.41, 5.74) is 3.83. The van der Waals surface area contributed by atoms with Gasteiger partial charge in [-0.3, -0.25) is 4.79 Å². The molecular weight excluding hydrogens is 362 g/mol. The van der Waals surface area contributed by atoms with E-state index in [1.165, 1.54) is 7.11 Å². The van der Waals surface area contributed by atoms with Crippen LogP contribution in [0.15, 0.2) is 47.8 Å². The van der Waals surface area contributed by atoms with Crippen molar-refractivity contribution in [3.63, 3.8) is 0 Å². The highest BCUT2D eigenvalue weighted by Gasteiger charge is 2.30. The van der Waals surface area contributed by atoms with Gasteiger partial charge >= 0.3 is 0 Å². The zero-order valence-corrected chi connectivity index (χ0v) is 15.8. The molecule has 0 aliphatic carbocycles. The molecule has 1 aliphatic rings. The van der Waals surface area contributed by atoms with Gasteiger partial charge in [-0.1, -0.05) is 18.2 Å². The number of fused-ring (bicyclic) bond motifs is 1. The average Bonchev–Trinajstić information content (AvgIpc) is 3.11. The molecule has 0 bridgehead atoms. The van der Waals surface area contributed by atoms with Gasteiger partial charge in [-0.25, -0.2) is 0 Å². The third-order valence-corrected chi connectivity index (χ3v) is 5.89. The summed E-state index contributed by atoms with van der Waals surface area (Å²) in [7, 11) is 3.16. The number of benzene rings is 2. The Morgan fingerprint density at radius 1 is 1.11 bits per heavy atom. The van der Waals surface area contributed by atoms with Crippen LogP contribution >= 0.6 is 11.3 Å². The van der Waals surface area contributed by atoms with Crippen molar-refractivity contribution in [2.45, 2.75) is 12.3 Å². The fourth-order valence-corrected chi connectivity index (χ4v) is 4.55. The van der Waals surface area contributed by atoms with E-state index in [2.05, 4.69) is 10.7 Å². The zero-order valence-electron chi connectivity index (χ0n) is 15.0. The van der Waals surface area contributed by atoms with Crippen LogP contribution in [0.4, 0.5) is 5.69 Å². The maximum Gasteiger partial charge on any atom is 0.225 e. The highest BCUT2D eigenvalue weighted by Crippen LogP contribution is 2.47. The molecule has 2 N–H and O–H groups in total. The zero-order chi connectivity index (χ0) is 19.0. The molecule has 2 aromatic carbocycles. The van der Waals surface area contributed by atoms with Crippen LogP contribution in [0.25, 0.3) is 11.1 Å². The molecule has 0 fully saturated rings. The molecule has 5 nitrogen and oxygen atoms in total. The van der Waals surface area contributed by atoms with Gasteiger partial charge in [0.15, 0.2) is 11.5 Å². The first-order valence-electron chi connectivity index (χ1n) is 8.53. The molecule has 138 valence electrons. The normalized spacial score (nSPS) is 15.8. The Kier molecular flexibility index (Phi) is 4.49. The standard InChI is InChI=1S/C21H19NO4S/c1-25-14-6-3-12(4-7-14)16-11-27-21-15(10-19(24)22-20(16)21)13-5-8-17(23)18(9-13)26-2/h3-9,11,15,23H,10H2,1-2H3,(H,22,24)/t15-/m1/s1. The molecule has 0 saturated heterocycles. The molecule has 4 rings (SSSR count). The van der Waals surface area contributed by atoms with Crippen molar-refractivity contribution >= 4 is 22.9 Å². The van der Waals surface area contributed by atoms with Crippen LogP contribution in [-0.4, -0.2) is 25.2 Å². The summed E-state index contributed by atoms with van der Waals surface area (Å²) < 4.78 is 10.5. The van der Waals surface area contributed by atoms with E-state index in [1.54, 1.807) is 30.6 Å². The SMILES string of the molecule is COc1ccc(-c2csc3c2NC(=O)C[C@@H]3c2ccc(O)c(OC)c2)cc1. The molecule has 2 heterocycles. The van der Waals surface area contributed by atoms with Gasteiger partial charge in [0.05, 0.1) is 19.9 Å². The Bertz CT molecular complexity index is 994. The third kappa shape index (κ3) is 3.13. The van der Waals surface area contributed by atoms with Gasteiger partial charge in [0.1, 0.15) is 5.75 Å². The number of anilines is 1. The van der Waals surface area contributed by atoms with Gasteiger partial charge in [0.2, 0.25) is 5.91 Å². The number of phenolic OH excluding ortho intramolecular Hbond substituents is 1. The number of aromatic hydroxyl groups is 1. The molecule has 0 radical (unpaired) electrons. The lowest BCUT2D eigenvalue weighted by Crippen LogP contribution is -2.22. The topological polar surface area (TPSA) is 67.8 Å². The Labute approximate surface area is 161 Å². The van der Waals surface area contributed by atoms with E-state index in [0.717, 1.165) is 33.0 Å². The van der Waals surface area contributed by atoms with Crippen LogP contribution in [0, 0.1) is 0 Å². The minimum absolute atomic E-state index is 0.0206. The van der Waals surface area contributed by atoms with E-state index < -0.39 is 0 Å². The van der Waals surface area contributed by atoms with Gasteiger partial charge in [-0.15, -0.1) is 11.3 Å². The molecular formula is C21H19NO4S. The molecule has 27 heavy (non-hydrogen) atoms. The first-order valence-corrected chi connectivity index (χ1v) is 9.41. The second kappa shape index (κ2) is 6.96. The number of amides is 1. The van der Waals surface area contributed by atoms with E-state index >= 15 is 0 Å². The molecule has 1 atom stereocenters. The minimum Gasteiger partial charge on any atom is -0.504 e. The van der Waals surface area contributed by atoms with Gasteiger partial charge in [0.25, 0.3) is 0 Å². The lowest BCUT2D eigenvalue weighted by Gasteiger charge is -2.24. The minimum atomic E-state index is -0.0692. The quantitative estimate of drug-likeness (QED) is 0.692. The first-order chi connectivity index (χ1) is 13.1. The number of hydrogen-bond acceptors (Lipinski definition) is 5. The average molecular weight is 381 g/mol. The smallest absolute Gasteiger partial charge is 0.225 e. The molecule has 0 saturated carbocycles. The fourth-order valence-electron chi connectivity index (χ4n) is 3.39. The maximum atomic E-state index is 12.4. The number of methoxy groups -OCH3 is 2. The van der Waals surface area contributed by atoms with Crippen molar-refractivity contribution < 1.29 is 19.4 Å². The summed E-state index contributed by atoms with van der Waals surface area (Å²) in [5, 5.41) is 15.0. The van der Waals surface area contributed by atoms with Crippen molar-refractivity contribution in [1.82, 2.24) is 0 Å². The fraction of sp³-hybridized carbons (Fsp3) is 0.190. The summed E-state index contributed by atoms with van der Waals surface area (Å²) in [6.07, 6.45) is 0.365. The maximum absolute atomic E-state index is 12.4.